The number of nitrogens with zero attached hydrogens (tertiary/aromatic N) is 1. The number of benzene rings is 2. The summed E-state index contributed by atoms with van der Waals surface area (Å²) in [7, 11) is 3.62. The maximum absolute atomic E-state index is 5.42. The Morgan fingerprint density at radius 2 is 1.76 bits per heavy atom. The summed E-state index contributed by atoms with van der Waals surface area (Å²) >= 11 is 8.85. The smallest absolute Gasteiger partial charge is 0.173 e. The molecule has 0 amide bonds. The van der Waals surface area contributed by atoms with E-state index in [1.165, 1.54) is 5.56 Å². The zero-order valence-electron chi connectivity index (χ0n) is 12.0. The van der Waals surface area contributed by atoms with Gasteiger partial charge in [0.15, 0.2) is 5.11 Å². The van der Waals surface area contributed by atoms with E-state index in [2.05, 4.69) is 33.4 Å². The highest BCUT2D eigenvalue weighted by atomic mass is 79.9. The largest absolute Gasteiger partial charge is 0.497 e. The highest BCUT2D eigenvalue weighted by Crippen LogP contribution is 2.16. The number of halogens is 1. The summed E-state index contributed by atoms with van der Waals surface area (Å²) in [5.41, 5.74) is 2.16. The second-order valence-corrected chi connectivity index (χ2v) is 5.94. The van der Waals surface area contributed by atoms with Gasteiger partial charge in [0.1, 0.15) is 5.75 Å². The standard InChI is InChI=1S/C16H17BrN2OS/c1-19(11-12-3-5-13(17)6-4-12)16(21)18-14-7-9-15(20-2)10-8-14/h3-10H,11H2,1-2H3,(H,18,21). The molecule has 2 rings (SSSR count). The third kappa shape index (κ3) is 4.72. The van der Waals surface area contributed by atoms with E-state index in [9.17, 15) is 0 Å². The number of nitrogens with one attached hydrogen (secondary N) is 1. The third-order valence-corrected chi connectivity index (χ3v) is 3.96. The first-order chi connectivity index (χ1) is 10.1. The van der Waals surface area contributed by atoms with Crippen molar-refractivity contribution >= 4 is 38.9 Å². The quantitative estimate of drug-likeness (QED) is 0.818. The lowest BCUT2D eigenvalue weighted by Crippen LogP contribution is -2.30. The Kier molecular flexibility index (Phi) is 5.59. The van der Waals surface area contributed by atoms with E-state index in [4.69, 9.17) is 17.0 Å². The minimum absolute atomic E-state index is 0.683. The van der Waals surface area contributed by atoms with Crippen LogP contribution in [0.2, 0.25) is 0 Å². The molecule has 0 heterocycles. The van der Waals surface area contributed by atoms with E-state index in [1.807, 2.05) is 48.3 Å². The maximum atomic E-state index is 5.42. The predicted molar refractivity (Wildman–Crippen MR) is 94.8 cm³/mol. The molecule has 2 aromatic rings. The summed E-state index contributed by atoms with van der Waals surface area (Å²) in [6.07, 6.45) is 0. The van der Waals surface area contributed by atoms with E-state index in [-0.39, 0.29) is 0 Å². The van der Waals surface area contributed by atoms with Crippen LogP contribution in [-0.4, -0.2) is 24.2 Å². The number of methoxy groups -OCH3 is 1. The monoisotopic (exact) mass is 364 g/mol. The molecule has 21 heavy (non-hydrogen) atoms. The van der Waals surface area contributed by atoms with Crippen LogP contribution in [-0.2, 0) is 6.54 Å². The molecular formula is C16H17BrN2OS. The summed E-state index contributed by atoms with van der Waals surface area (Å²) in [4.78, 5) is 2.00. The van der Waals surface area contributed by atoms with E-state index in [0.717, 1.165) is 22.5 Å². The SMILES string of the molecule is COc1ccc(NC(=S)N(C)Cc2ccc(Br)cc2)cc1. The highest BCUT2D eigenvalue weighted by Gasteiger charge is 2.06. The van der Waals surface area contributed by atoms with Crippen molar-refractivity contribution in [3.8, 4) is 5.75 Å². The molecule has 0 spiro atoms. The molecule has 0 unspecified atom stereocenters. The Balaban J connectivity index is 1.93. The van der Waals surface area contributed by atoms with Crippen molar-refractivity contribution < 1.29 is 4.74 Å². The van der Waals surface area contributed by atoms with E-state index < -0.39 is 0 Å². The molecule has 110 valence electrons. The summed E-state index contributed by atoms with van der Waals surface area (Å²) < 4.78 is 6.21. The van der Waals surface area contributed by atoms with Gasteiger partial charge in [0.25, 0.3) is 0 Å². The van der Waals surface area contributed by atoms with Gasteiger partial charge in [-0.05, 0) is 54.2 Å². The topological polar surface area (TPSA) is 24.5 Å². The van der Waals surface area contributed by atoms with Crippen molar-refractivity contribution in [3.63, 3.8) is 0 Å². The van der Waals surface area contributed by atoms with Gasteiger partial charge in [-0.2, -0.15) is 0 Å². The van der Waals surface area contributed by atoms with E-state index >= 15 is 0 Å². The molecule has 0 atom stereocenters. The van der Waals surface area contributed by atoms with Crippen LogP contribution in [0.1, 0.15) is 5.56 Å². The van der Waals surface area contributed by atoms with E-state index in [0.29, 0.717) is 5.11 Å². The lowest BCUT2D eigenvalue weighted by Gasteiger charge is -2.21. The van der Waals surface area contributed by atoms with Crippen LogP contribution >= 0.6 is 28.1 Å². The molecule has 0 aromatic heterocycles. The molecule has 2 aromatic carbocycles. The van der Waals surface area contributed by atoms with Gasteiger partial charge in [-0.25, -0.2) is 0 Å². The Morgan fingerprint density at radius 1 is 1.14 bits per heavy atom. The number of thiocarbonyl (C=S) groups is 1. The molecule has 5 heteroatoms. The average Bonchev–Trinajstić information content (AvgIpc) is 2.50. The Morgan fingerprint density at radius 3 is 2.33 bits per heavy atom. The van der Waals surface area contributed by atoms with Crippen LogP contribution in [0.25, 0.3) is 0 Å². The molecule has 1 N–H and O–H groups in total. The van der Waals surface area contributed by atoms with Gasteiger partial charge >= 0.3 is 0 Å². The Labute approximate surface area is 139 Å². The van der Waals surface area contributed by atoms with Gasteiger partial charge in [0.2, 0.25) is 0 Å². The van der Waals surface area contributed by atoms with E-state index in [1.54, 1.807) is 7.11 Å². The van der Waals surface area contributed by atoms with Crippen molar-refractivity contribution in [2.45, 2.75) is 6.54 Å². The van der Waals surface area contributed by atoms with Crippen molar-refractivity contribution in [2.24, 2.45) is 0 Å². The zero-order chi connectivity index (χ0) is 15.2. The number of ether oxygens (including phenoxy) is 1. The molecule has 3 nitrogen and oxygen atoms in total. The molecule has 0 bridgehead atoms. The normalized spacial score (nSPS) is 10.0. The Hall–Kier alpha value is -1.59. The average molecular weight is 365 g/mol. The second kappa shape index (κ2) is 7.43. The fourth-order valence-electron chi connectivity index (χ4n) is 1.83. The van der Waals surface area contributed by atoms with Gasteiger partial charge in [-0.3, -0.25) is 0 Å². The lowest BCUT2D eigenvalue weighted by atomic mass is 10.2. The molecular weight excluding hydrogens is 348 g/mol. The third-order valence-electron chi connectivity index (χ3n) is 3.02. The molecule has 0 aliphatic rings. The van der Waals surface area contributed by atoms with Crippen LogP contribution in [0.3, 0.4) is 0 Å². The summed E-state index contributed by atoms with van der Waals surface area (Å²) in [5, 5.41) is 3.90. The molecule has 0 aliphatic carbocycles. The molecule has 0 aliphatic heterocycles. The first kappa shape index (κ1) is 15.8. The zero-order valence-corrected chi connectivity index (χ0v) is 14.4. The fraction of sp³-hybridized carbons (Fsp3) is 0.188. The Bertz CT molecular complexity index is 599. The number of anilines is 1. The molecule has 0 radical (unpaired) electrons. The predicted octanol–water partition coefficient (Wildman–Crippen LogP) is 4.29. The van der Waals surface area contributed by atoms with Gasteiger partial charge < -0.3 is 15.0 Å². The van der Waals surface area contributed by atoms with Gasteiger partial charge in [-0.15, -0.1) is 0 Å². The number of hydrogen-bond acceptors (Lipinski definition) is 2. The lowest BCUT2D eigenvalue weighted by molar-refractivity contribution is 0.415. The molecule has 0 fully saturated rings. The van der Waals surface area contributed by atoms with Crippen LogP contribution in [0.5, 0.6) is 5.75 Å². The fourth-order valence-corrected chi connectivity index (χ4v) is 2.28. The molecule has 0 saturated heterocycles. The first-order valence-electron chi connectivity index (χ1n) is 6.49. The highest BCUT2D eigenvalue weighted by molar-refractivity contribution is 9.10. The minimum atomic E-state index is 0.683. The minimum Gasteiger partial charge on any atom is -0.497 e. The van der Waals surface area contributed by atoms with Crippen LogP contribution in [0.15, 0.2) is 53.0 Å². The molecule has 0 saturated carbocycles. The van der Waals surface area contributed by atoms with Crippen molar-refractivity contribution in [3.05, 3.63) is 58.6 Å². The second-order valence-electron chi connectivity index (χ2n) is 4.64. The number of hydrogen-bond donors (Lipinski definition) is 1. The van der Waals surface area contributed by atoms with Crippen LogP contribution in [0.4, 0.5) is 5.69 Å². The van der Waals surface area contributed by atoms with Gasteiger partial charge in [0.05, 0.1) is 7.11 Å². The summed E-state index contributed by atoms with van der Waals surface area (Å²) in [6.45, 7) is 0.759. The summed E-state index contributed by atoms with van der Waals surface area (Å²) in [5.74, 6) is 0.828. The summed E-state index contributed by atoms with van der Waals surface area (Å²) in [6, 6.07) is 15.9. The van der Waals surface area contributed by atoms with Crippen molar-refractivity contribution in [1.29, 1.82) is 0 Å². The maximum Gasteiger partial charge on any atom is 0.173 e. The van der Waals surface area contributed by atoms with Gasteiger partial charge in [0, 0.05) is 23.8 Å². The first-order valence-corrected chi connectivity index (χ1v) is 7.69. The number of rotatable bonds is 4. The van der Waals surface area contributed by atoms with Crippen LogP contribution < -0.4 is 10.1 Å². The van der Waals surface area contributed by atoms with Crippen molar-refractivity contribution in [1.82, 2.24) is 4.90 Å². The van der Waals surface area contributed by atoms with Crippen LogP contribution in [0, 0.1) is 0 Å². The van der Waals surface area contributed by atoms with Crippen molar-refractivity contribution in [2.75, 3.05) is 19.5 Å². The van der Waals surface area contributed by atoms with Gasteiger partial charge in [-0.1, -0.05) is 28.1 Å².